The third-order valence-corrected chi connectivity index (χ3v) is 8.99. The Bertz CT molecular complexity index is 1420. The lowest BCUT2D eigenvalue weighted by molar-refractivity contribution is -0.140. The average molecular weight is 584 g/mol. The van der Waals surface area contributed by atoms with Crippen LogP contribution >= 0.6 is 11.6 Å². The number of hydrogen-bond donors (Lipinski definition) is 1. The van der Waals surface area contributed by atoms with Crippen molar-refractivity contribution in [2.75, 3.05) is 17.4 Å². The van der Waals surface area contributed by atoms with Crippen molar-refractivity contribution >= 4 is 39.1 Å². The molecule has 0 bridgehead atoms. The molecule has 1 atom stereocenters. The molecule has 0 saturated carbocycles. The highest BCUT2D eigenvalue weighted by atomic mass is 35.5. The fourth-order valence-corrected chi connectivity index (χ4v) is 6.03. The van der Waals surface area contributed by atoms with E-state index in [2.05, 4.69) is 5.32 Å². The highest BCUT2D eigenvalue weighted by Gasteiger charge is 2.34. The second-order valence-corrected chi connectivity index (χ2v) is 12.2. The minimum Gasteiger partial charge on any atom is -0.354 e. The molecule has 214 valence electrons. The van der Waals surface area contributed by atoms with Gasteiger partial charge in [0.15, 0.2) is 0 Å². The van der Waals surface area contributed by atoms with Gasteiger partial charge in [0.1, 0.15) is 12.6 Å². The van der Waals surface area contributed by atoms with Crippen molar-refractivity contribution in [2.24, 2.45) is 0 Å². The zero-order valence-corrected chi connectivity index (χ0v) is 25.3. The van der Waals surface area contributed by atoms with E-state index in [1.165, 1.54) is 17.0 Å². The monoisotopic (exact) mass is 583 g/mol. The van der Waals surface area contributed by atoms with Crippen LogP contribution in [0.4, 0.5) is 5.69 Å². The molecule has 3 aromatic carbocycles. The molecule has 1 unspecified atom stereocenters. The fraction of sp³-hybridized carbons (Fsp3) is 0.355. The molecule has 0 fully saturated rings. The minimum atomic E-state index is -4.16. The van der Waals surface area contributed by atoms with Crippen LogP contribution < -0.4 is 9.62 Å². The van der Waals surface area contributed by atoms with Gasteiger partial charge in [0, 0.05) is 18.1 Å². The first-order valence-electron chi connectivity index (χ1n) is 13.5. The molecule has 0 aromatic heterocycles. The van der Waals surface area contributed by atoms with Crippen LogP contribution in [0.15, 0.2) is 71.6 Å². The van der Waals surface area contributed by atoms with Crippen LogP contribution in [0.5, 0.6) is 0 Å². The number of carbonyl (C=O) groups excluding carboxylic acids is 2. The van der Waals surface area contributed by atoms with Gasteiger partial charge in [-0.25, -0.2) is 8.42 Å². The van der Waals surface area contributed by atoms with Crippen LogP contribution in [-0.2, 0) is 26.2 Å². The smallest absolute Gasteiger partial charge is 0.264 e. The molecule has 3 aromatic rings. The average Bonchev–Trinajstić information content (AvgIpc) is 2.93. The van der Waals surface area contributed by atoms with Crippen LogP contribution in [0.1, 0.15) is 48.9 Å². The lowest BCUT2D eigenvalue weighted by Gasteiger charge is -2.33. The Labute approximate surface area is 243 Å². The Morgan fingerprint density at radius 2 is 1.50 bits per heavy atom. The first kappa shape index (κ1) is 31.2. The van der Waals surface area contributed by atoms with Gasteiger partial charge >= 0.3 is 0 Å². The van der Waals surface area contributed by atoms with Gasteiger partial charge in [0.2, 0.25) is 11.8 Å². The maximum atomic E-state index is 14.1. The van der Waals surface area contributed by atoms with E-state index in [4.69, 9.17) is 11.6 Å². The molecule has 0 aliphatic rings. The Balaban J connectivity index is 2.09. The fourth-order valence-electron chi connectivity index (χ4n) is 4.39. The largest absolute Gasteiger partial charge is 0.354 e. The van der Waals surface area contributed by atoms with Gasteiger partial charge in [0.25, 0.3) is 10.0 Å². The summed E-state index contributed by atoms with van der Waals surface area (Å²) in [6, 6.07) is 18.4. The zero-order chi connectivity index (χ0) is 29.4. The predicted molar refractivity (Wildman–Crippen MR) is 161 cm³/mol. The molecule has 1 N–H and O–H groups in total. The van der Waals surface area contributed by atoms with E-state index in [9.17, 15) is 18.0 Å². The summed E-state index contributed by atoms with van der Waals surface area (Å²) in [4.78, 5) is 28.8. The number of nitrogens with zero attached hydrogens (tertiary/aromatic N) is 2. The third kappa shape index (κ3) is 7.43. The van der Waals surface area contributed by atoms with Crippen molar-refractivity contribution < 1.29 is 18.0 Å². The Morgan fingerprint density at radius 1 is 0.900 bits per heavy atom. The van der Waals surface area contributed by atoms with Crippen LogP contribution in [0.3, 0.4) is 0 Å². The van der Waals surface area contributed by atoms with E-state index in [1.54, 1.807) is 37.3 Å². The maximum Gasteiger partial charge on any atom is 0.264 e. The number of anilines is 1. The summed E-state index contributed by atoms with van der Waals surface area (Å²) in [5.41, 5.74) is 3.66. The number of sulfonamides is 1. The lowest BCUT2D eigenvalue weighted by Crippen LogP contribution is -2.52. The van der Waals surface area contributed by atoms with E-state index in [0.29, 0.717) is 29.2 Å². The van der Waals surface area contributed by atoms with Gasteiger partial charge in [0.05, 0.1) is 10.6 Å². The Kier molecular flexibility index (Phi) is 10.8. The van der Waals surface area contributed by atoms with E-state index < -0.39 is 28.5 Å². The second kappa shape index (κ2) is 13.8. The number of halogens is 1. The number of nitrogens with one attached hydrogen (secondary N) is 1. The number of hydrogen-bond acceptors (Lipinski definition) is 4. The highest BCUT2D eigenvalue weighted by molar-refractivity contribution is 7.92. The highest BCUT2D eigenvalue weighted by Crippen LogP contribution is 2.31. The van der Waals surface area contributed by atoms with Crippen molar-refractivity contribution in [3.05, 3.63) is 94.0 Å². The molecular weight excluding hydrogens is 546 g/mol. The molecule has 0 aliphatic heterocycles. The zero-order valence-electron chi connectivity index (χ0n) is 23.8. The van der Waals surface area contributed by atoms with Gasteiger partial charge in [-0.2, -0.15) is 0 Å². The lowest BCUT2D eigenvalue weighted by atomic mass is 10.1. The summed E-state index contributed by atoms with van der Waals surface area (Å²) in [7, 11) is -4.16. The third-order valence-electron chi connectivity index (χ3n) is 6.80. The minimum absolute atomic E-state index is 0.0584. The van der Waals surface area contributed by atoms with Crippen molar-refractivity contribution in [3.63, 3.8) is 0 Å². The standard InChI is InChI=1S/C31H38ClN3O4S/c1-6-19-33-31(37)28(7-2)34(20-25-15-11-22(3)12-16-25)30(36)21-35(29-10-8-9-27(32)24(29)5)40(38,39)26-17-13-23(4)14-18-26/h8-18,28H,6-7,19-21H2,1-5H3,(H,33,37). The molecule has 7 nitrogen and oxygen atoms in total. The normalized spacial score (nSPS) is 12.1. The number of aryl methyl sites for hydroxylation is 2. The van der Waals surface area contributed by atoms with Gasteiger partial charge in [-0.1, -0.05) is 79.0 Å². The van der Waals surface area contributed by atoms with Crippen molar-refractivity contribution in [1.29, 1.82) is 0 Å². The molecule has 9 heteroatoms. The van der Waals surface area contributed by atoms with Crippen molar-refractivity contribution in [3.8, 4) is 0 Å². The van der Waals surface area contributed by atoms with E-state index in [1.807, 2.05) is 52.0 Å². The van der Waals surface area contributed by atoms with Crippen LogP contribution in [-0.4, -0.2) is 44.3 Å². The van der Waals surface area contributed by atoms with E-state index in [-0.39, 0.29) is 17.3 Å². The SMILES string of the molecule is CCCNC(=O)C(CC)N(Cc1ccc(C)cc1)C(=O)CN(c1cccc(Cl)c1C)S(=O)(=O)c1ccc(C)cc1. The van der Waals surface area contributed by atoms with Crippen LogP contribution in [0.25, 0.3) is 0 Å². The number of amides is 2. The summed E-state index contributed by atoms with van der Waals surface area (Å²) >= 11 is 6.39. The summed E-state index contributed by atoms with van der Waals surface area (Å²) in [6.07, 6.45) is 1.12. The molecule has 0 heterocycles. The molecule has 3 rings (SSSR count). The van der Waals surface area contributed by atoms with Gasteiger partial charge in [-0.3, -0.25) is 13.9 Å². The van der Waals surface area contributed by atoms with Crippen LogP contribution in [0, 0.1) is 20.8 Å². The second-order valence-electron chi connectivity index (χ2n) is 9.93. The summed E-state index contributed by atoms with van der Waals surface area (Å²) in [5.74, 6) is -0.758. The molecule has 0 radical (unpaired) electrons. The molecular formula is C31H38ClN3O4S. The van der Waals surface area contributed by atoms with Crippen molar-refractivity contribution in [1.82, 2.24) is 10.2 Å². The molecule has 0 spiro atoms. The van der Waals surface area contributed by atoms with Crippen molar-refractivity contribution in [2.45, 2.75) is 64.9 Å². The number of rotatable bonds is 12. The first-order valence-corrected chi connectivity index (χ1v) is 15.3. The predicted octanol–water partition coefficient (Wildman–Crippen LogP) is 5.79. The van der Waals surface area contributed by atoms with Gasteiger partial charge in [-0.05, 0) is 69.0 Å². The van der Waals surface area contributed by atoms with Crippen LogP contribution in [0.2, 0.25) is 5.02 Å². The molecule has 0 saturated heterocycles. The topological polar surface area (TPSA) is 86.8 Å². The number of benzene rings is 3. The Hall–Kier alpha value is -3.36. The maximum absolute atomic E-state index is 14.1. The summed E-state index contributed by atoms with van der Waals surface area (Å²) < 4.78 is 29.1. The molecule has 40 heavy (non-hydrogen) atoms. The summed E-state index contributed by atoms with van der Waals surface area (Å²) in [5, 5.41) is 3.28. The van der Waals surface area contributed by atoms with Gasteiger partial charge in [-0.15, -0.1) is 0 Å². The Morgan fingerprint density at radius 3 is 2.08 bits per heavy atom. The first-order chi connectivity index (χ1) is 19.0. The molecule has 0 aliphatic carbocycles. The van der Waals surface area contributed by atoms with Gasteiger partial charge < -0.3 is 10.2 Å². The number of carbonyl (C=O) groups is 2. The quantitative estimate of drug-likeness (QED) is 0.292. The summed E-state index contributed by atoms with van der Waals surface area (Å²) in [6.45, 7) is 9.50. The van der Waals surface area contributed by atoms with E-state index >= 15 is 0 Å². The molecule has 2 amide bonds. The van der Waals surface area contributed by atoms with E-state index in [0.717, 1.165) is 27.4 Å².